The third kappa shape index (κ3) is 8.97. The topological polar surface area (TPSA) is 58.6 Å². The molecule has 0 spiro atoms. The average molecular weight is 574 g/mol. The summed E-state index contributed by atoms with van der Waals surface area (Å²) < 4.78 is 5.39. The van der Waals surface area contributed by atoms with Crippen molar-refractivity contribution in [3.05, 3.63) is 99.5 Å². The van der Waals surface area contributed by atoms with Gasteiger partial charge < -0.3 is 15.0 Å². The lowest BCUT2D eigenvalue weighted by Gasteiger charge is -2.32. The highest BCUT2D eigenvalue weighted by Gasteiger charge is 2.30. The fraction of sp³-hybridized carbons (Fsp3) is 0.333. The molecular weight excluding hydrogens is 539 g/mol. The van der Waals surface area contributed by atoms with Crippen molar-refractivity contribution in [3.8, 4) is 5.75 Å². The van der Waals surface area contributed by atoms with Crippen molar-refractivity contribution in [2.45, 2.75) is 38.6 Å². The first-order chi connectivity index (χ1) is 18.3. The number of carbonyl (C=O) groups excluding carboxylic acids is 2. The number of thioether (sulfide) groups is 1. The Bertz CT molecular complexity index is 1190. The normalized spacial score (nSPS) is 11.7. The standard InChI is InChI=1S/C30H34Cl2N2O3S/c1-21(2)17-33-30(36)28(16-22-9-5-4-6-10-22)34(18-23-11-7-12-24(15-23)37-3)29(35)20-38-19-25-26(31)13-8-14-27(25)32/h4-15,21,28H,16-20H2,1-3H3,(H,33,36). The third-order valence-electron chi connectivity index (χ3n) is 5.98. The van der Waals surface area contributed by atoms with Crippen LogP contribution in [0, 0.1) is 5.92 Å². The van der Waals surface area contributed by atoms with E-state index in [1.807, 2.05) is 68.4 Å². The van der Waals surface area contributed by atoms with Gasteiger partial charge >= 0.3 is 0 Å². The molecule has 0 aromatic heterocycles. The molecule has 0 fully saturated rings. The second kappa shape index (κ2) is 15.1. The van der Waals surface area contributed by atoms with Crippen LogP contribution in [-0.4, -0.2) is 42.2 Å². The van der Waals surface area contributed by atoms with Crippen LogP contribution in [0.5, 0.6) is 5.75 Å². The van der Waals surface area contributed by atoms with E-state index in [1.54, 1.807) is 30.2 Å². The van der Waals surface area contributed by atoms with E-state index in [2.05, 4.69) is 5.32 Å². The number of rotatable bonds is 13. The summed E-state index contributed by atoms with van der Waals surface area (Å²) in [6.07, 6.45) is 0.404. The maximum absolute atomic E-state index is 13.8. The van der Waals surface area contributed by atoms with Crippen LogP contribution in [0.25, 0.3) is 0 Å². The highest BCUT2D eigenvalue weighted by Crippen LogP contribution is 2.29. The lowest BCUT2D eigenvalue weighted by Crippen LogP contribution is -2.51. The summed E-state index contributed by atoms with van der Waals surface area (Å²) in [6.45, 7) is 4.89. The highest BCUT2D eigenvalue weighted by atomic mass is 35.5. The molecule has 1 unspecified atom stereocenters. The van der Waals surface area contributed by atoms with Crippen LogP contribution in [0.15, 0.2) is 72.8 Å². The minimum Gasteiger partial charge on any atom is -0.497 e. The molecule has 1 N–H and O–H groups in total. The molecule has 0 bridgehead atoms. The molecule has 38 heavy (non-hydrogen) atoms. The van der Waals surface area contributed by atoms with E-state index in [1.165, 1.54) is 11.8 Å². The molecule has 5 nitrogen and oxygen atoms in total. The minimum absolute atomic E-state index is 0.137. The predicted molar refractivity (Wildman–Crippen MR) is 158 cm³/mol. The number of halogens is 2. The van der Waals surface area contributed by atoms with Crippen molar-refractivity contribution in [1.82, 2.24) is 10.2 Å². The minimum atomic E-state index is -0.681. The Morgan fingerprint density at radius 3 is 2.26 bits per heavy atom. The van der Waals surface area contributed by atoms with Gasteiger partial charge in [-0.15, -0.1) is 11.8 Å². The van der Waals surface area contributed by atoms with E-state index in [0.29, 0.717) is 34.5 Å². The number of ether oxygens (including phenoxy) is 1. The van der Waals surface area contributed by atoms with Crippen molar-refractivity contribution in [2.24, 2.45) is 5.92 Å². The van der Waals surface area contributed by atoms with Crippen LogP contribution in [0.2, 0.25) is 10.0 Å². The van der Waals surface area contributed by atoms with E-state index in [4.69, 9.17) is 27.9 Å². The first-order valence-corrected chi connectivity index (χ1v) is 14.4. The van der Waals surface area contributed by atoms with Gasteiger partial charge in [0, 0.05) is 35.3 Å². The maximum atomic E-state index is 13.8. The lowest BCUT2D eigenvalue weighted by atomic mass is 10.0. The number of hydrogen-bond acceptors (Lipinski definition) is 4. The van der Waals surface area contributed by atoms with Gasteiger partial charge in [-0.2, -0.15) is 0 Å². The number of nitrogens with one attached hydrogen (secondary N) is 1. The van der Waals surface area contributed by atoms with Gasteiger partial charge in [0.25, 0.3) is 0 Å². The van der Waals surface area contributed by atoms with Gasteiger partial charge in [-0.25, -0.2) is 0 Å². The van der Waals surface area contributed by atoms with Crippen LogP contribution in [0.4, 0.5) is 0 Å². The van der Waals surface area contributed by atoms with E-state index >= 15 is 0 Å². The molecular formula is C30H34Cl2N2O3S. The molecule has 202 valence electrons. The van der Waals surface area contributed by atoms with Gasteiger partial charge in [0.1, 0.15) is 11.8 Å². The number of hydrogen-bond donors (Lipinski definition) is 1. The van der Waals surface area contributed by atoms with E-state index in [0.717, 1.165) is 16.7 Å². The Morgan fingerprint density at radius 2 is 1.61 bits per heavy atom. The van der Waals surface area contributed by atoms with Crippen LogP contribution in [0.1, 0.15) is 30.5 Å². The molecule has 3 aromatic carbocycles. The van der Waals surface area contributed by atoms with Crippen LogP contribution in [-0.2, 0) is 28.3 Å². The van der Waals surface area contributed by atoms with E-state index < -0.39 is 6.04 Å². The number of amides is 2. The number of benzene rings is 3. The summed E-state index contributed by atoms with van der Waals surface area (Å²) in [5, 5.41) is 4.18. The zero-order valence-corrected chi connectivity index (χ0v) is 24.3. The molecule has 0 radical (unpaired) electrons. The smallest absolute Gasteiger partial charge is 0.243 e. The SMILES string of the molecule is COc1cccc(CN(C(=O)CSCc2c(Cl)cccc2Cl)C(Cc2ccccc2)C(=O)NCC(C)C)c1. The van der Waals surface area contributed by atoms with Gasteiger partial charge in [0.2, 0.25) is 11.8 Å². The second-order valence-electron chi connectivity index (χ2n) is 9.41. The average Bonchev–Trinajstić information content (AvgIpc) is 2.91. The summed E-state index contributed by atoms with van der Waals surface area (Å²) in [4.78, 5) is 29.0. The molecule has 0 aliphatic carbocycles. The molecule has 3 rings (SSSR count). The maximum Gasteiger partial charge on any atom is 0.243 e. The van der Waals surface area contributed by atoms with Crippen molar-refractivity contribution in [3.63, 3.8) is 0 Å². The Morgan fingerprint density at radius 1 is 0.947 bits per heavy atom. The quantitative estimate of drug-likeness (QED) is 0.249. The number of methoxy groups -OCH3 is 1. The highest BCUT2D eigenvalue weighted by molar-refractivity contribution is 7.99. The van der Waals surface area contributed by atoms with Gasteiger partial charge in [0.05, 0.1) is 12.9 Å². The predicted octanol–water partition coefficient (Wildman–Crippen LogP) is 6.65. The van der Waals surface area contributed by atoms with Gasteiger partial charge in [-0.05, 0) is 46.9 Å². The Hall–Kier alpha value is -2.67. The van der Waals surface area contributed by atoms with Crippen molar-refractivity contribution in [1.29, 1.82) is 0 Å². The van der Waals surface area contributed by atoms with E-state index in [9.17, 15) is 9.59 Å². The molecule has 2 amide bonds. The molecule has 3 aromatic rings. The van der Waals surface area contributed by atoms with Gasteiger partial charge in [-0.3, -0.25) is 9.59 Å². The first kappa shape index (κ1) is 29.9. The van der Waals surface area contributed by atoms with Gasteiger partial charge in [0.15, 0.2) is 0 Å². The fourth-order valence-electron chi connectivity index (χ4n) is 3.94. The second-order valence-corrected chi connectivity index (χ2v) is 11.2. The molecule has 1 atom stereocenters. The zero-order chi connectivity index (χ0) is 27.5. The van der Waals surface area contributed by atoms with Crippen LogP contribution in [0.3, 0.4) is 0 Å². The largest absolute Gasteiger partial charge is 0.497 e. The summed E-state index contributed by atoms with van der Waals surface area (Å²) in [5.74, 6) is 1.34. The van der Waals surface area contributed by atoms with Crippen molar-refractivity contribution < 1.29 is 14.3 Å². The Kier molecular flexibility index (Phi) is 11.8. The summed E-state index contributed by atoms with van der Waals surface area (Å²) >= 11 is 14.1. The van der Waals surface area contributed by atoms with Crippen LogP contribution >= 0.6 is 35.0 Å². The van der Waals surface area contributed by atoms with Crippen molar-refractivity contribution >= 4 is 46.8 Å². The molecule has 0 heterocycles. The Balaban J connectivity index is 1.88. The molecule has 0 aliphatic heterocycles. The zero-order valence-electron chi connectivity index (χ0n) is 22.0. The molecule has 0 saturated carbocycles. The summed E-state index contributed by atoms with van der Waals surface area (Å²) in [5.41, 5.74) is 2.66. The molecule has 8 heteroatoms. The van der Waals surface area contributed by atoms with Crippen LogP contribution < -0.4 is 10.1 Å². The number of nitrogens with zero attached hydrogens (tertiary/aromatic N) is 1. The molecule has 0 saturated heterocycles. The van der Waals surface area contributed by atoms with Crippen molar-refractivity contribution in [2.75, 3.05) is 19.4 Å². The lowest BCUT2D eigenvalue weighted by molar-refractivity contribution is -0.139. The summed E-state index contributed by atoms with van der Waals surface area (Å²) in [7, 11) is 1.61. The van der Waals surface area contributed by atoms with E-state index in [-0.39, 0.29) is 30.0 Å². The summed E-state index contributed by atoms with van der Waals surface area (Å²) in [6, 6.07) is 22.0. The molecule has 0 aliphatic rings. The monoisotopic (exact) mass is 572 g/mol. The number of carbonyl (C=O) groups is 2. The third-order valence-corrected chi connectivity index (χ3v) is 7.63. The van der Waals surface area contributed by atoms with Gasteiger partial charge in [-0.1, -0.05) is 85.6 Å². The first-order valence-electron chi connectivity index (χ1n) is 12.5. The Labute approximate surface area is 239 Å². The fourth-order valence-corrected chi connectivity index (χ4v) is 5.58.